The molecule has 4 aromatic rings. The van der Waals surface area contributed by atoms with E-state index >= 15 is 0 Å². The van der Waals surface area contributed by atoms with Gasteiger partial charge in [0.25, 0.3) is 0 Å². The molecule has 1 heterocycles. The maximum absolute atomic E-state index is 7.32. The molecule has 0 saturated carbocycles. The standard InChI is InChI=1S/C24H20B.C12H28N4.C2H3N.Co.O2/c1-5-13-21(14-6-1)25(22-15-7-2-8-16-22,23-17-9-3-10-18-23)24-19-11-4-12-20-24;1-13-5-7-14(2)9-11-16(4)12-10-15(3)8-6-13;1-2-3;;1-2/h1-20H;5-12H2,1-4H3;1H3;;/q-1;;;+3;-2. The average Bonchev–Trinajstić information content (AvgIpc) is 3.11. The first-order valence-corrected chi connectivity index (χ1v) is 16.0. The molecule has 0 amide bonds. The summed E-state index contributed by atoms with van der Waals surface area (Å²) < 4.78 is 0. The molecule has 252 valence electrons. The summed E-state index contributed by atoms with van der Waals surface area (Å²) in [7, 11) is 8.89. The second-order valence-corrected chi connectivity index (χ2v) is 11.9. The smallest absolute Gasteiger partial charge is 1.00 e. The van der Waals surface area contributed by atoms with E-state index in [2.05, 4.69) is 169 Å². The zero-order chi connectivity index (χ0) is 33.6. The predicted molar refractivity (Wildman–Crippen MR) is 191 cm³/mol. The Morgan fingerprint density at radius 3 is 0.745 bits per heavy atom. The summed E-state index contributed by atoms with van der Waals surface area (Å²) in [6, 6.07) is 45.3. The van der Waals surface area contributed by atoms with E-state index in [1.165, 1.54) is 81.1 Å². The maximum atomic E-state index is 7.32. The third kappa shape index (κ3) is 13.4. The summed E-state index contributed by atoms with van der Waals surface area (Å²) in [5, 5.41) is 21.3. The summed E-state index contributed by atoms with van der Waals surface area (Å²) in [6.07, 6.45) is -1.22. The van der Waals surface area contributed by atoms with Crippen LogP contribution >= 0.6 is 0 Å². The molecular formula is C38H51BCoN5O2. The predicted octanol–water partition coefficient (Wildman–Crippen LogP) is 0.941. The van der Waals surface area contributed by atoms with Crippen LogP contribution in [0.4, 0.5) is 0 Å². The normalized spacial score (nSPS) is 15.2. The van der Waals surface area contributed by atoms with Crippen LogP contribution in [-0.4, -0.2) is 106 Å². The molecule has 0 unspecified atom stereocenters. The molecule has 4 aromatic carbocycles. The van der Waals surface area contributed by atoms with Crippen molar-refractivity contribution < 1.29 is 27.3 Å². The van der Waals surface area contributed by atoms with E-state index in [1.807, 2.05) is 0 Å². The van der Waals surface area contributed by atoms with Crippen molar-refractivity contribution in [1.29, 1.82) is 5.26 Å². The molecule has 5 rings (SSSR count). The number of hydrogen-bond acceptors (Lipinski definition) is 7. The number of benzene rings is 4. The Kier molecular flexibility index (Phi) is 21.2. The molecule has 0 atom stereocenters. The Labute approximate surface area is 294 Å². The van der Waals surface area contributed by atoms with Crippen LogP contribution in [0.3, 0.4) is 0 Å². The minimum absolute atomic E-state index is 0. The first kappa shape index (κ1) is 41.7. The van der Waals surface area contributed by atoms with Gasteiger partial charge >= 0.3 is 16.8 Å². The van der Waals surface area contributed by atoms with Crippen LogP contribution in [0.5, 0.6) is 0 Å². The van der Waals surface area contributed by atoms with Gasteiger partial charge in [-0.2, -0.15) is 27.1 Å². The van der Waals surface area contributed by atoms with Gasteiger partial charge in [0.1, 0.15) is 6.15 Å². The van der Waals surface area contributed by atoms with Crippen molar-refractivity contribution >= 4 is 28.0 Å². The van der Waals surface area contributed by atoms with Gasteiger partial charge < -0.3 is 30.1 Å². The van der Waals surface area contributed by atoms with E-state index in [9.17, 15) is 0 Å². The van der Waals surface area contributed by atoms with Crippen LogP contribution < -0.4 is 32.4 Å². The Hall–Kier alpha value is -3.30. The molecule has 0 aliphatic carbocycles. The largest absolute Gasteiger partial charge is 3.00 e. The second kappa shape index (κ2) is 23.9. The molecule has 0 spiro atoms. The van der Waals surface area contributed by atoms with Gasteiger partial charge in [-0.05, 0) is 28.2 Å². The van der Waals surface area contributed by atoms with Crippen molar-refractivity contribution in [1.82, 2.24) is 19.6 Å². The van der Waals surface area contributed by atoms with Crippen molar-refractivity contribution in [2.75, 3.05) is 80.5 Å². The minimum atomic E-state index is -1.22. The third-order valence-corrected chi connectivity index (χ3v) is 8.65. The molecule has 47 heavy (non-hydrogen) atoms. The fourth-order valence-electron chi connectivity index (χ4n) is 5.93. The maximum Gasteiger partial charge on any atom is 3.00 e. The Balaban J connectivity index is 0.000000436. The van der Waals surface area contributed by atoms with E-state index in [0.29, 0.717) is 0 Å². The van der Waals surface area contributed by atoms with Crippen LogP contribution in [0.2, 0.25) is 0 Å². The summed E-state index contributed by atoms with van der Waals surface area (Å²) in [4.78, 5) is 9.72. The van der Waals surface area contributed by atoms with E-state index in [1.54, 1.807) is 6.07 Å². The third-order valence-electron chi connectivity index (χ3n) is 8.65. The first-order chi connectivity index (χ1) is 22.4. The Morgan fingerprint density at radius 1 is 0.447 bits per heavy atom. The first-order valence-electron chi connectivity index (χ1n) is 16.0. The van der Waals surface area contributed by atoms with Crippen molar-refractivity contribution in [3.05, 3.63) is 121 Å². The van der Waals surface area contributed by atoms with Gasteiger partial charge in [-0.15, -0.1) is 0 Å². The van der Waals surface area contributed by atoms with Gasteiger partial charge in [-0.3, -0.25) is 0 Å². The number of hydrogen-bond donors (Lipinski definition) is 0. The number of nitriles is 1. The number of rotatable bonds is 4. The van der Waals surface area contributed by atoms with Crippen LogP contribution in [0.25, 0.3) is 0 Å². The SMILES string of the molecule is CC#N.CN1CCN(C)CCN(C)CCN(C)CC1.[Co+3].[O-][O-].c1ccc([B-](c2ccccc2)(c2ccccc2)c2ccccc2)cc1. The monoisotopic (exact) mass is 679 g/mol. The zero-order valence-electron chi connectivity index (χ0n) is 28.7. The fraction of sp³-hybridized carbons (Fsp3) is 0.342. The summed E-state index contributed by atoms with van der Waals surface area (Å²) in [5.41, 5.74) is 5.36. The van der Waals surface area contributed by atoms with Crippen LogP contribution in [0.1, 0.15) is 6.92 Å². The minimum Gasteiger partial charge on any atom is -1.00 e. The van der Waals surface area contributed by atoms with Crippen LogP contribution in [0, 0.1) is 11.3 Å². The van der Waals surface area contributed by atoms with Crippen LogP contribution in [-0.2, 0) is 16.8 Å². The topological polar surface area (TPSA) is 82.9 Å². The summed E-state index contributed by atoms with van der Waals surface area (Å²) >= 11 is 0. The molecule has 9 heteroatoms. The zero-order valence-corrected chi connectivity index (χ0v) is 29.7. The Bertz CT molecular complexity index is 1150. The number of likely N-dealkylation sites (N-methyl/N-ethyl adjacent to an activating group) is 4. The van der Waals surface area contributed by atoms with Gasteiger partial charge in [0.15, 0.2) is 0 Å². The van der Waals surface area contributed by atoms with Crippen LogP contribution in [0.15, 0.2) is 121 Å². The van der Waals surface area contributed by atoms with Crippen molar-refractivity contribution in [2.45, 2.75) is 6.92 Å². The van der Waals surface area contributed by atoms with Gasteiger partial charge in [0.05, 0.1) is 6.07 Å². The van der Waals surface area contributed by atoms with E-state index < -0.39 is 6.15 Å². The molecule has 1 fully saturated rings. The summed E-state index contributed by atoms with van der Waals surface area (Å²) in [6.45, 7) is 10.8. The van der Waals surface area contributed by atoms with Gasteiger partial charge in [-0.1, -0.05) is 121 Å². The van der Waals surface area contributed by atoms with Crippen molar-refractivity contribution in [2.24, 2.45) is 0 Å². The molecule has 7 nitrogen and oxygen atoms in total. The van der Waals surface area contributed by atoms with E-state index in [0.717, 1.165) is 0 Å². The second-order valence-electron chi connectivity index (χ2n) is 11.9. The van der Waals surface area contributed by atoms with Gasteiger partial charge in [-0.25, -0.2) is 0 Å². The molecular weight excluding hydrogens is 628 g/mol. The molecule has 0 radical (unpaired) electrons. The molecule has 1 aliphatic heterocycles. The average molecular weight is 680 g/mol. The molecule has 1 saturated heterocycles. The summed E-state index contributed by atoms with van der Waals surface area (Å²) in [5.74, 6) is 0. The fourth-order valence-corrected chi connectivity index (χ4v) is 5.93. The molecule has 0 bridgehead atoms. The van der Waals surface area contributed by atoms with Crippen molar-refractivity contribution in [3.63, 3.8) is 0 Å². The van der Waals surface area contributed by atoms with Crippen molar-refractivity contribution in [3.8, 4) is 6.07 Å². The quantitative estimate of drug-likeness (QED) is 0.181. The number of nitrogens with zero attached hydrogens (tertiary/aromatic N) is 5. The van der Waals surface area contributed by atoms with Gasteiger partial charge in [0.2, 0.25) is 0 Å². The molecule has 1 aliphatic rings. The van der Waals surface area contributed by atoms with E-state index in [4.69, 9.17) is 15.8 Å². The van der Waals surface area contributed by atoms with Gasteiger partial charge in [0, 0.05) is 59.3 Å². The Morgan fingerprint density at radius 2 is 0.596 bits per heavy atom. The molecule has 0 aromatic heterocycles. The molecule has 0 N–H and O–H groups in total. The van der Waals surface area contributed by atoms with E-state index in [-0.39, 0.29) is 16.8 Å².